The van der Waals surface area contributed by atoms with Gasteiger partial charge < -0.3 is 14.2 Å². The summed E-state index contributed by atoms with van der Waals surface area (Å²) in [6, 6.07) is 7.58. The maximum absolute atomic E-state index is 12.0. The molecule has 1 aliphatic heterocycles. The standard InChI is InChI=1S/C18H18BrNO4/c19-15-11-17-16(22-7-8-23-17)9-14(15)10-18(21)24-6-2-4-13-3-1-5-20-12-13/h1,3,5,9,11-12H,2,4,6-8,10H2. The molecule has 0 fully saturated rings. The molecule has 0 aliphatic carbocycles. The Bertz CT molecular complexity index is 706. The van der Waals surface area contributed by atoms with Gasteiger partial charge in [-0.1, -0.05) is 22.0 Å². The highest BCUT2D eigenvalue weighted by Crippen LogP contribution is 2.35. The Kier molecular flexibility index (Phi) is 5.69. The first-order valence-electron chi connectivity index (χ1n) is 7.85. The molecular formula is C18H18BrNO4. The molecule has 0 atom stereocenters. The van der Waals surface area contributed by atoms with Gasteiger partial charge in [-0.15, -0.1) is 0 Å². The third-order valence-electron chi connectivity index (χ3n) is 3.64. The van der Waals surface area contributed by atoms with Crippen LogP contribution in [0.25, 0.3) is 0 Å². The molecule has 0 N–H and O–H groups in total. The molecule has 0 saturated heterocycles. The molecule has 126 valence electrons. The maximum atomic E-state index is 12.0. The van der Waals surface area contributed by atoms with E-state index in [1.54, 1.807) is 6.20 Å². The molecule has 0 radical (unpaired) electrons. The van der Waals surface area contributed by atoms with Gasteiger partial charge in [0.15, 0.2) is 11.5 Å². The van der Waals surface area contributed by atoms with Crippen molar-refractivity contribution in [2.24, 2.45) is 0 Å². The number of aryl methyl sites for hydroxylation is 1. The maximum Gasteiger partial charge on any atom is 0.310 e. The van der Waals surface area contributed by atoms with Crippen LogP contribution in [0.2, 0.25) is 0 Å². The van der Waals surface area contributed by atoms with Crippen molar-refractivity contribution in [3.05, 3.63) is 52.3 Å². The van der Waals surface area contributed by atoms with E-state index in [1.807, 2.05) is 30.5 Å². The lowest BCUT2D eigenvalue weighted by molar-refractivity contribution is -0.142. The number of rotatable bonds is 6. The van der Waals surface area contributed by atoms with Crippen LogP contribution < -0.4 is 9.47 Å². The number of ether oxygens (including phenoxy) is 3. The highest BCUT2D eigenvalue weighted by molar-refractivity contribution is 9.10. The van der Waals surface area contributed by atoms with Crippen LogP contribution in [0.4, 0.5) is 0 Å². The Morgan fingerprint density at radius 2 is 2.04 bits per heavy atom. The van der Waals surface area contributed by atoms with Crippen molar-refractivity contribution < 1.29 is 19.0 Å². The fourth-order valence-electron chi connectivity index (χ4n) is 2.46. The van der Waals surface area contributed by atoms with Gasteiger partial charge in [-0.25, -0.2) is 0 Å². The molecule has 6 heteroatoms. The summed E-state index contributed by atoms with van der Waals surface area (Å²) in [6.07, 6.45) is 5.39. The molecule has 0 bridgehead atoms. The van der Waals surface area contributed by atoms with E-state index in [0.29, 0.717) is 31.3 Å². The molecule has 2 heterocycles. The van der Waals surface area contributed by atoms with Gasteiger partial charge in [-0.3, -0.25) is 9.78 Å². The quantitative estimate of drug-likeness (QED) is 0.558. The predicted octanol–water partition coefficient (Wildman–Crippen LogP) is 3.33. The van der Waals surface area contributed by atoms with Crippen molar-refractivity contribution in [3.8, 4) is 11.5 Å². The minimum atomic E-state index is -0.251. The number of esters is 1. The van der Waals surface area contributed by atoms with Gasteiger partial charge in [-0.2, -0.15) is 0 Å². The average molecular weight is 392 g/mol. The van der Waals surface area contributed by atoms with Gasteiger partial charge in [-0.05, 0) is 42.2 Å². The van der Waals surface area contributed by atoms with Gasteiger partial charge in [0.25, 0.3) is 0 Å². The van der Waals surface area contributed by atoms with Crippen LogP contribution in [0.3, 0.4) is 0 Å². The van der Waals surface area contributed by atoms with E-state index < -0.39 is 0 Å². The van der Waals surface area contributed by atoms with E-state index in [2.05, 4.69) is 20.9 Å². The van der Waals surface area contributed by atoms with Gasteiger partial charge in [0.05, 0.1) is 13.0 Å². The Balaban J connectivity index is 1.48. The zero-order chi connectivity index (χ0) is 16.8. The largest absolute Gasteiger partial charge is 0.486 e. The predicted molar refractivity (Wildman–Crippen MR) is 92.4 cm³/mol. The van der Waals surface area contributed by atoms with E-state index in [4.69, 9.17) is 14.2 Å². The number of carbonyl (C=O) groups excluding carboxylic acids is 1. The topological polar surface area (TPSA) is 57.7 Å². The number of hydrogen-bond acceptors (Lipinski definition) is 5. The van der Waals surface area contributed by atoms with Crippen LogP contribution in [0, 0.1) is 0 Å². The third kappa shape index (κ3) is 4.47. The summed E-state index contributed by atoms with van der Waals surface area (Å²) >= 11 is 3.47. The molecule has 5 nitrogen and oxygen atoms in total. The normalized spacial score (nSPS) is 12.7. The lowest BCUT2D eigenvalue weighted by Crippen LogP contribution is -2.16. The lowest BCUT2D eigenvalue weighted by Gasteiger charge is -2.19. The summed E-state index contributed by atoms with van der Waals surface area (Å²) in [7, 11) is 0. The monoisotopic (exact) mass is 391 g/mol. The number of hydrogen-bond donors (Lipinski definition) is 0. The van der Waals surface area contributed by atoms with Crippen LogP contribution in [-0.4, -0.2) is 30.8 Å². The highest BCUT2D eigenvalue weighted by Gasteiger charge is 2.17. The Hall–Kier alpha value is -2.08. The fourth-order valence-corrected chi connectivity index (χ4v) is 2.92. The summed E-state index contributed by atoms with van der Waals surface area (Å²) in [5.74, 6) is 1.11. The van der Waals surface area contributed by atoms with E-state index >= 15 is 0 Å². The number of pyridine rings is 1. The van der Waals surface area contributed by atoms with Gasteiger partial charge in [0, 0.05) is 16.9 Å². The third-order valence-corrected chi connectivity index (χ3v) is 4.38. The molecular weight excluding hydrogens is 374 g/mol. The second kappa shape index (κ2) is 8.15. The second-order valence-electron chi connectivity index (χ2n) is 5.45. The minimum absolute atomic E-state index is 0.199. The number of carbonyl (C=O) groups is 1. The van der Waals surface area contributed by atoms with Crippen LogP contribution in [0.1, 0.15) is 17.5 Å². The van der Waals surface area contributed by atoms with Crippen molar-refractivity contribution in [2.45, 2.75) is 19.3 Å². The van der Waals surface area contributed by atoms with Crippen LogP contribution >= 0.6 is 15.9 Å². The molecule has 2 aromatic rings. The first kappa shape index (κ1) is 16.8. The first-order chi connectivity index (χ1) is 11.7. The highest BCUT2D eigenvalue weighted by atomic mass is 79.9. The summed E-state index contributed by atoms with van der Waals surface area (Å²) in [5, 5.41) is 0. The van der Waals surface area contributed by atoms with E-state index in [1.165, 1.54) is 0 Å². The Morgan fingerprint density at radius 1 is 1.25 bits per heavy atom. The number of fused-ring (bicyclic) bond motifs is 1. The molecule has 0 amide bonds. The van der Waals surface area contributed by atoms with Crippen molar-refractivity contribution in [1.29, 1.82) is 0 Å². The SMILES string of the molecule is O=C(Cc1cc2c(cc1Br)OCCO2)OCCCc1cccnc1. The van der Waals surface area contributed by atoms with Gasteiger partial charge in [0.1, 0.15) is 13.2 Å². The number of nitrogens with zero attached hydrogens (tertiary/aromatic N) is 1. The second-order valence-corrected chi connectivity index (χ2v) is 6.30. The van der Waals surface area contributed by atoms with E-state index in [0.717, 1.165) is 28.4 Å². The van der Waals surface area contributed by atoms with Crippen molar-refractivity contribution >= 4 is 21.9 Å². The minimum Gasteiger partial charge on any atom is -0.486 e. The van der Waals surface area contributed by atoms with E-state index in [9.17, 15) is 4.79 Å². The number of halogens is 1. The molecule has 0 spiro atoms. The molecule has 1 aromatic carbocycles. The van der Waals surface area contributed by atoms with Crippen molar-refractivity contribution in [1.82, 2.24) is 4.98 Å². The molecule has 0 unspecified atom stereocenters. The summed E-state index contributed by atoms with van der Waals surface area (Å²) in [4.78, 5) is 16.1. The zero-order valence-electron chi connectivity index (χ0n) is 13.2. The Morgan fingerprint density at radius 3 is 2.79 bits per heavy atom. The number of aromatic nitrogens is 1. The van der Waals surface area contributed by atoms with Crippen molar-refractivity contribution in [2.75, 3.05) is 19.8 Å². The van der Waals surface area contributed by atoms with Gasteiger partial charge in [0.2, 0.25) is 0 Å². The molecule has 0 saturated carbocycles. The summed E-state index contributed by atoms with van der Waals surface area (Å²) in [6.45, 7) is 1.46. The zero-order valence-corrected chi connectivity index (χ0v) is 14.8. The van der Waals surface area contributed by atoms with Crippen molar-refractivity contribution in [3.63, 3.8) is 0 Å². The van der Waals surface area contributed by atoms with Gasteiger partial charge >= 0.3 is 5.97 Å². The molecule has 3 rings (SSSR count). The molecule has 24 heavy (non-hydrogen) atoms. The van der Waals surface area contributed by atoms with E-state index in [-0.39, 0.29) is 12.4 Å². The first-order valence-corrected chi connectivity index (χ1v) is 8.64. The summed E-state index contributed by atoms with van der Waals surface area (Å²) < 4.78 is 17.2. The average Bonchev–Trinajstić information content (AvgIpc) is 2.60. The molecule has 1 aliphatic rings. The number of benzene rings is 1. The van der Waals surface area contributed by atoms with Crippen LogP contribution in [0.5, 0.6) is 11.5 Å². The van der Waals surface area contributed by atoms with Crippen LogP contribution in [-0.2, 0) is 22.4 Å². The fraction of sp³-hybridized carbons (Fsp3) is 0.333. The van der Waals surface area contributed by atoms with Crippen LogP contribution in [0.15, 0.2) is 41.1 Å². The smallest absolute Gasteiger partial charge is 0.310 e. The summed E-state index contributed by atoms with van der Waals surface area (Å²) in [5.41, 5.74) is 1.97. The Labute approximate surface area is 149 Å². The lowest BCUT2D eigenvalue weighted by atomic mass is 10.1. The molecule has 1 aromatic heterocycles.